The van der Waals surface area contributed by atoms with Crippen LogP contribution in [0.15, 0.2) is 48.0 Å². The SMILES string of the molecule is COc1cc(/C=C2/C(=O)NCC2c2ccc(O)cc2)ccc1O. The van der Waals surface area contributed by atoms with Crippen molar-refractivity contribution in [3.05, 3.63) is 59.2 Å². The lowest BCUT2D eigenvalue weighted by Gasteiger charge is -2.11. The molecule has 5 nitrogen and oxygen atoms in total. The van der Waals surface area contributed by atoms with Crippen LogP contribution in [0.3, 0.4) is 0 Å². The van der Waals surface area contributed by atoms with Gasteiger partial charge in [0.1, 0.15) is 5.75 Å². The van der Waals surface area contributed by atoms with Crippen LogP contribution in [0, 0.1) is 0 Å². The van der Waals surface area contributed by atoms with E-state index in [1.165, 1.54) is 13.2 Å². The Morgan fingerprint density at radius 1 is 1.17 bits per heavy atom. The molecule has 23 heavy (non-hydrogen) atoms. The number of ether oxygens (including phenoxy) is 1. The number of carbonyl (C=O) groups is 1. The molecule has 2 aromatic rings. The van der Waals surface area contributed by atoms with E-state index in [0.717, 1.165) is 11.1 Å². The van der Waals surface area contributed by atoms with E-state index in [2.05, 4.69) is 5.32 Å². The van der Waals surface area contributed by atoms with Crippen LogP contribution in [0.2, 0.25) is 0 Å². The van der Waals surface area contributed by atoms with Crippen molar-refractivity contribution in [3.63, 3.8) is 0 Å². The number of phenolic OH excluding ortho intramolecular Hbond substituents is 2. The van der Waals surface area contributed by atoms with Crippen LogP contribution in [-0.2, 0) is 4.79 Å². The number of amides is 1. The summed E-state index contributed by atoms with van der Waals surface area (Å²) < 4.78 is 5.09. The minimum absolute atomic E-state index is 0.0561. The summed E-state index contributed by atoms with van der Waals surface area (Å²) in [6.45, 7) is 0.519. The number of rotatable bonds is 3. The zero-order chi connectivity index (χ0) is 16.4. The minimum Gasteiger partial charge on any atom is -0.508 e. The number of nitrogens with one attached hydrogen (secondary N) is 1. The summed E-state index contributed by atoms with van der Waals surface area (Å²) in [5.74, 6) is 0.414. The topological polar surface area (TPSA) is 78.8 Å². The Morgan fingerprint density at radius 3 is 2.61 bits per heavy atom. The number of carbonyl (C=O) groups excluding carboxylic acids is 1. The lowest BCUT2D eigenvalue weighted by atomic mass is 9.92. The van der Waals surface area contributed by atoms with Crippen molar-refractivity contribution in [2.45, 2.75) is 5.92 Å². The Morgan fingerprint density at radius 2 is 1.91 bits per heavy atom. The van der Waals surface area contributed by atoms with E-state index < -0.39 is 0 Å². The molecule has 0 spiro atoms. The molecule has 2 aromatic carbocycles. The highest BCUT2D eigenvalue weighted by molar-refractivity contribution is 6.01. The first-order chi connectivity index (χ1) is 11.1. The van der Waals surface area contributed by atoms with Crippen LogP contribution in [0.1, 0.15) is 17.0 Å². The lowest BCUT2D eigenvalue weighted by Crippen LogP contribution is -2.14. The molecular weight excluding hydrogens is 294 g/mol. The largest absolute Gasteiger partial charge is 0.508 e. The molecule has 1 heterocycles. The summed E-state index contributed by atoms with van der Waals surface area (Å²) in [6, 6.07) is 11.8. The third-order valence-electron chi connectivity index (χ3n) is 3.93. The Hall–Kier alpha value is -2.95. The van der Waals surface area contributed by atoms with Crippen molar-refractivity contribution in [3.8, 4) is 17.2 Å². The van der Waals surface area contributed by atoms with Gasteiger partial charge in [0.25, 0.3) is 0 Å². The van der Waals surface area contributed by atoms with E-state index in [1.807, 2.05) is 12.1 Å². The molecule has 1 amide bonds. The maximum Gasteiger partial charge on any atom is 0.247 e. The van der Waals surface area contributed by atoms with Gasteiger partial charge in [-0.15, -0.1) is 0 Å². The molecule has 0 aromatic heterocycles. The quantitative estimate of drug-likeness (QED) is 0.761. The van der Waals surface area contributed by atoms with Gasteiger partial charge in [-0.25, -0.2) is 0 Å². The zero-order valence-electron chi connectivity index (χ0n) is 12.6. The first kappa shape index (κ1) is 15.0. The number of phenols is 2. The minimum atomic E-state index is -0.116. The van der Waals surface area contributed by atoms with Gasteiger partial charge in [0.2, 0.25) is 5.91 Å². The standard InChI is InChI=1S/C18H17NO4/c1-23-17-9-11(2-7-16(17)21)8-14-15(10-19-18(14)22)12-3-5-13(20)6-4-12/h2-9,15,20-21H,10H2,1H3,(H,19,22)/b14-8+. The summed E-state index contributed by atoms with van der Waals surface area (Å²) in [4.78, 5) is 12.1. The monoisotopic (exact) mass is 311 g/mol. The first-order valence-corrected chi connectivity index (χ1v) is 7.24. The summed E-state index contributed by atoms with van der Waals surface area (Å²) in [5, 5.41) is 21.9. The third kappa shape index (κ3) is 2.99. The van der Waals surface area contributed by atoms with Gasteiger partial charge in [0.15, 0.2) is 11.5 Å². The van der Waals surface area contributed by atoms with Gasteiger partial charge in [-0.2, -0.15) is 0 Å². The molecule has 1 aliphatic rings. The van der Waals surface area contributed by atoms with Crippen molar-refractivity contribution in [2.75, 3.05) is 13.7 Å². The molecule has 0 bridgehead atoms. The van der Waals surface area contributed by atoms with Gasteiger partial charge in [-0.1, -0.05) is 18.2 Å². The fraction of sp³-hybridized carbons (Fsp3) is 0.167. The van der Waals surface area contributed by atoms with E-state index in [1.54, 1.807) is 30.3 Å². The molecular formula is C18H17NO4. The Bertz CT molecular complexity index is 765. The molecule has 3 N–H and O–H groups in total. The maximum atomic E-state index is 12.1. The molecule has 1 atom stereocenters. The Kier molecular flexibility index (Phi) is 3.93. The van der Waals surface area contributed by atoms with Crippen molar-refractivity contribution >= 4 is 12.0 Å². The fourth-order valence-electron chi connectivity index (χ4n) is 2.70. The second kappa shape index (κ2) is 6.04. The molecule has 3 rings (SSSR count). The van der Waals surface area contributed by atoms with E-state index in [4.69, 9.17) is 4.74 Å². The molecule has 1 fully saturated rings. The molecule has 1 aliphatic heterocycles. The van der Waals surface area contributed by atoms with Gasteiger partial charge in [0.05, 0.1) is 7.11 Å². The average molecular weight is 311 g/mol. The summed E-state index contributed by atoms with van der Waals surface area (Å²) in [6.07, 6.45) is 1.79. The van der Waals surface area contributed by atoms with Gasteiger partial charge in [0, 0.05) is 18.0 Å². The van der Waals surface area contributed by atoms with Crippen molar-refractivity contribution in [2.24, 2.45) is 0 Å². The van der Waals surface area contributed by atoms with Crippen LogP contribution in [0.4, 0.5) is 0 Å². The van der Waals surface area contributed by atoms with E-state index in [0.29, 0.717) is 17.9 Å². The number of methoxy groups -OCH3 is 1. The van der Waals surface area contributed by atoms with Crippen LogP contribution in [0.25, 0.3) is 6.08 Å². The van der Waals surface area contributed by atoms with E-state index in [-0.39, 0.29) is 23.3 Å². The normalized spacial score (nSPS) is 18.9. The second-order valence-electron chi connectivity index (χ2n) is 5.39. The lowest BCUT2D eigenvalue weighted by molar-refractivity contribution is -0.116. The van der Waals surface area contributed by atoms with Crippen molar-refractivity contribution in [1.82, 2.24) is 5.32 Å². The van der Waals surface area contributed by atoms with Gasteiger partial charge >= 0.3 is 0 Å². The van der Waals surface area contributed by atoms with Crippen molar-refractivity contribution in [1.29, 1.82) is 0 Å². The number of hydrogen-bond donors (Lipinski definition) is 3. The van der Waals surface area contributed by atoms with E-state index in [9.17, 15) is 15.0 Å². The van der Waals surface area contributed by atoms with Gasteiger partial charge in [-0.3, -0.25) is 4.79 Å². The van der Waals surface area contributed by atoms with E-state index >= 15 is 0 Å². The highest BCUT2D eigenvalue weighted by atomic mass is 16.5. The second-order valence-corrected chi connectivity index (χ2v) is 5.39. The van der Waals surface area contributed by atoms with Crippen LogP contribution in [0.5, 0.6) is 17.2 Å². The summed E-state index contributed by atoms with van der Waals surface area (Å²) in [5.41, 5.74) is 2.37. The number of benzene rings is 2. The number of hydrogen-bond acceptors (Lipinski definition) is 4. The van der Waals surface area contributed by atoms with Crippen molar-refractivity contribution < 1.29 is 19.7 Å². The van der Waals surface area contributed by atoms with Crippen LogP contribution < -0.4 is 10.1 Å². The molecule has 0 aliphatic carbocycles. The molecule has 0 radical (unpaired) electrons. The predicted octanol–water partition coefficient (Wildman–Crippen LogP) is 2.40. The zero-order valence-corrected chi connectivity index (χ0v) is 12.6. The predicted molar refractivity (Wildman–Crippen MR) is 86.5 cm³/mol. The molecule has 0 saturated carbocycles. The molecule has 5 heteroatoms. The smallest absolute Gasteiger partial charge is 0.247 e. The maximum absolute atomic E-state index is 12.1. The molecule has 1 saturated heterocycles. The molecule has 118 valence electrons. The van der Waals surface area contributed by atoms with Gasteiger partial charge in [-0.05, 0) is 41.5 Å². The Balaban J connectivity index is 1.98. The summed E-state index contributed by atoms with van der Waals surface area (Å²) in [7, 11) is 1.48. The third-order valence-corrected chi connectivity index (χ3v) is 3.93. The Labute approximate surface area is 133 Å². The van der Waals surface area contributed by atoms with Crippen LogP contribution in [-0.4, -0.2) is 29.8 Å². The van der Waals surface area contributed by atoms with Crippen LogP contribution >= 0.6 is 0 Å². The first-order valence-electron chi connectivity index (χ1n) is 7.24. The van der Waals surface area contributed by atoms with Gasteiger partial charge < -0.3 is 20.3 Å². The number of aromatic hydroxyl groups is 2. The highest BCUT2D eigenvalue weighted by Gasteiger charge is 2.29. The fourth-order valence-corrected chi connectivity index (χ4v) is 2.70. The summed E-state index contributed by atoms with van der Waals surface area (Å²) >= 11 is 0. The average Bonchev–Trinajstić information content (AvgIpc) is 2.91. The highest BCUT2D eigenvalue weighted by Crippen LogP contribution is 2.33. The molecule has 1 unspecified atom stereocenters.